The maximum Gasteiger partial charge on any atom is 0.315 e. The van der Waals surface area contributed by atoms with Crippen molar-refractivity contribution in [2.45, 2.75) is 88.8 Å². The third kappa shape index (κ3) is 7.29. The number of nitrogens with one attached hydrogen (secondary N) is 4. The van der Waals surface area contributed by atoms with Gasteiger partial charge >= 0.3 is 11.8 Å². The van der Waals surface area contributed by atoms with Crippen LogP contribution in [0, 0.1) is 12.7 Å². The van der Waals surface area contributed by atoms with E-state index in [-0.39, 0.29) is 23.1 Å². The molecular weight excluding hydrogens is 792 g/mol. The molecule has 320 valence electrons. The molecule has 5 heterocycles. The lowest BCUT2D eigenvalue weighted by atomic mass is 9.75. The van der Waals surface area contributed by atoms with E-state index in [1.807, 2.05) is 32.0 Å². The molecule has 0 radical (unpaired) electrons. The second kappa shape index (κ2) is 15.5. The Balaban J connectivity index is 0.803. The zero-order chi connectivity index (χ0) is 42.9. The zero-order valence-electron chi connectivity index (χ0n) is 35.2. The Bertz CT molecular complexity index is 2730. The van der Waals surface area contributed by atoms with Gasteiger partial charge in [-0.05, 0) is 105 Å². The van der Waals surface area contributed by atoms with Crippen LogP contribution in [0.3, 0.4) is 0 Å². The average Bonchev–Trinajstić information content (AvgIpc) is 3.62. The minimum Gasteiger partial charge on any atom is -0.495 e. The molecule has 16 heteroatoms. The number of carbonyl (C=O) groups excluding carboxylic acids is 3. The third-order valence-corrected chi connectivity index (χ3v) is 13.5. The number of anilines is 2. The number of aromatic nitrogens is 5. The number of methoxy groups -OCH3 is 1. The van der Waals surface area contributed by atoms with E-state index in [2.05, 4.69) is 69.0 Å². The summed E-state index contributed by atoms with van der Waals surface area (Å²) in [7, 11) is 1.67. The van der Waals surface area contributed by atoms with Gasteiger partial charge in [0.15, 0.2) is 5.82 Å². The first-order chi connectivity index (χ1) is 29.9. The lowest BCUT2D eigenvalue weighted by molar-refractivity contribution is -0.133. The van der Waals surface area contributed by atoms with Gasteiger partial charge in [-0.1, -0.05) is 24.2 Å². The van der Waals surface area contributed by atoms with Crippen molar-refractivity contribution in [3.05, 3.63) is 89.1 Å². The van der Waals surface area contributed by atoms with Crippen molar-refractivity contribution in [1.82, 2.24) is 40.6 Å². The number of piperazine rings is 1. The Labute approximate surface area is 357 Å². The summed E-state index contributed by atoms with van der Waals surface area (Å²) >= 11 is 0. The summed E-state index contributed by atoms with van der Waals surface area (Å²) in [6.45, 7) is 9.28. The number of aromatic amines is 1. The number of nitrogens with zero attached hydrogens (tertiary/aromatic N) is 6. The molecule has 1 unspecified atom stereocenters. The molecule has 0 bridgehead atoms. The quantitative estimate of drug-likeness (QED) is 0.105. The molecule has 4 aliphatic rings. The van der Waals surface area contributed by atoms with Gasteiger partial charge in [-0.3, -0.25) is 24.6 Å². The first-order valence-electron chi connectivity index (χ1n) is 21.4. The predicted octanol–water partition coefficient (Wildman–Crippen LogP) is 6.45. The summed E-state index contributed by atoms with van der Waals surface area (Å²) in [5, 5.41) is 14.1. The van der Waals surface area contributed by atoms with Crippen LogP contribution in [0.1, 0.15) is 97.5 Å². The normalized spacial score (nSPS) is 21.7. The molecular formula is C46H49FN10O5. The standard InChI is InChI=1S/C46H49FN10O5/c1-24-17-31(33(47)20-30(24)25(2)50-43(60)44-54-45(55-62-44)46(3)11-12-46)40-39-32-21-37(61-4)36(22-35(32)52-41(39)49-23-48-40)57-15-13-56(14-16-57)29-18-27(19-29)26-5-7-28(8-6-26)51-34-9-10-38(58)53-42(34)59/h5-8,17,20-23,25,27,29,34,51H,9-16,18-19H2,1-4H3,(H,50,60)(H,48,49,52)(H,53,58,59)/t25?,27?,29?,34-/m1/s1. The number of amides is 3. The summed E-state index contributed by atoms with van der Waals surface area (Å²) < 4.78 is 27.5. The Kier molecular flexibility index (Phi) is 9.92. The number of imide groups is 1. The molecule has 2 saturated carbocycles. The second-order valence-electron chi connectivity index (χ2n) is 17.6. The molecule has 0 spiro atoms. The Morgan fingerprint density at radius 2 is 1.82 bits per heavy atom. The Morgan fingerprint density at radius 3 is 2.55 bits per heavy atom. The van der Waals surface area contributed by atoms with Gasteiger partial charge < -0.3 is 29.8 Å². The van der Waals surface area contributed by atoms with Gasteiger partial charge in [-0.2, -0.15) is 4.98 Å². The van der Waals surface area contributed by atoms with Gasteiger partial charge in [0.25, 0.3) is 0 Å². The van der Waals surface area contributed by atoms with Crippen LogP contribution in [0.5, 0.6) is 5.75 Å². The van der Waals surface area contributed by atoms with E-state index in [1.54, 1.807) is 20.1 Å². The zero-order valence-corrected chi connectivity index (χ0v) is 35.2. The molecule has 2 aliphatic carbocycles. The van der Waals surface area contributed by atoms with Crippen molar-refractivity contribution in [1.29, 1.82) is 0 Å². The van der Waals surface area contributed by atoms with Crippen LogP contribution in [-0.2, 0) is 15.0 Å². The van der Waals surface area contributed by atoms with Crippen LogP contribution in [0.2, 0.25) is 0 Å². The van der Waals surface area contributed by atoms with E-state index >= 15 is 4.39 Å². The van der Waals surface area contributed by atoms with E-state index in [9.17, 15) is 14.4 Å². The molecule has 3 aromatic carbocycles. The number of aryl methyl sites for hydroxylation is 1. The number of hydrogen-bond acceptors (Lipinski definition) is 12. The van der Waals surface area contributed by atoms with E-state index in [0.29, 0.717) is 58.5 Å². The van der Waals surface area contributed by atoms with E-state index in [1.165, 1.54) is 18.0 Å². The molecule has 3 aromatic heterocycles. The van der Waals surface area contributed by atoms with Gasteiger partial charge in [0, 0.05) is 60.7 Å². The minimum absolute atomic E-state index is 0.106. The van der Waals surface area contributed by atoms with E-state index in [0.717, 1.165) is 85.5 Å². The van der Waals surface area contributed by atoms with Crippen LogP contribution in [0.25, 0.3) is 33.2 Å². The molecule has 6 aromatic rings. The summed E-state index contributed by atoms with van der Waals surface area (Å²) in [5.74, 6) is 0.184. The molecule has 15 nitrogen and oxygen atoms in total. The maximum atomic E-state index is 16.2. The highest BCUT2D eigenvalue weighted by Gasteiger charge is 2.44. The SMILES string of the molecule is COc1cc2c(cc1N1CCN(C3CC(c4ccc(N[C@@H]5CCC(=O)NC5=O)cc4)C3)CC1)[nH]c1ncnc(-c3cc(C)c(C(C)NC(=O)c4nc(C5(C)CC5)no4)cc3F)c12. The van der Waals surface area contributed by atoms with Crippen molar-refractivity contribution in [3.8, 4) is 17.0 Å². The van der Waals surface area contributed by atoms with Gasteiger partial charge in [0.05, 0.1) is 35.4 Å². The van der Waals surface area contributed by atoms with Crippen molar-refractivity contribution >= 4 is 51.0 Å². The third-order valence-electron chi connectivity index (χ3n) is 13.5. The highest BCUT2D eigenvalue weighted by Crippen LogP contribution is 2.46. The topological polar surface area (TPSA) is 183 Å². The number of hydrogen-bond donors (Lipinski definition) is 4. The highest BCUT2D eigenvalue weighted by molar-refractivity contribution is 6.13. The molecule has 2 atom stereocenters. The van der Waals surface area contributed by atoms with Crippen LogP contribution < -0.4 is 25.6 Å². The predicted molar refractivity (Wildman–Crippen MR) is 231 cm³/mol. The van der Waals surface area contributed by atoms with Crippen molar-refractivity contribution in [2.75, 3.05) is 43.5 Å². The smallest absolute Gasteiger partial charge is 0.315 e. The lowest BCUT2D eigenvalue weighted by Crippen LogP contribution is -2.53. The van der Waals surface area contributed by atoms with Crippen molar-refractivity contribution < 1.29 is 28.0 Å². The molecule has 3 amide bonds. The molecule has 62 heavy (non-hydrogen) atoms. The fourth-order valence-corrected chi connectivity index (χ4v) is 9.38. The van der Waals surface area contributed by atoms with Gasteiger partial charge in [0.2, 0.25) is 11.8 Å². The molecule has 10 rings (SSSR count). The fourth-order valence-electron chi connectivity index (χ4n) is 9.38. The van der Waals surface area contributed by atoms with E-state index in [4.69, 9.17) is 9.26 Å². The average molecular weight is 841 g/mol. The summed E-state index contributed by atoms with van der Waals surface area (Å²) in [5.41, 5.74) is 6.67. The summed E-state index contributed by atoms with van der Waals surface area (Å²) in [4.78, 5) is 58.5. The van der Waals surface area contributed by atoms with Crippen molar-refractivity contribution in [2.24, 2.45) is 0 Å². The number of carbonyl (C=O) groups is 3. The number of halogens is 1. The van der Waals surface area contributed by atoms with Gasteiger partial charge in [-0.25, -0.2) is 14.4 Å². The largest absolute Gasteiger partial charge is 0.495 e. The fraction of sp³-hybridized carbons (Fsp3) is 0.413. The van der Waals surface area contributed by atoms with Crippen LogP contribution >= 0.6 is 0 Å². The second-order valence-corrected chi connectivity index (χ2v) is 17.6. The van der Waals surface area contributed by atoms with Crippen LogP contribution in [-0.4, -0.2) is 93.1 Å². The first-order valence-corrected chi connectivity index (χ1v) is 21.4. The maximum absolute atomic E-state index is 16.2. The Morgan fingerprint density at radius 1 is 1.05 bits per heavy atom. The number of benzene rings is 3. The number of rotatable bonds is 11. The lowest BCUT2D eigenvalue weighted by Gasteiger charge is -2.47. The van der Waals surface area contributed by atoms with Crippen LogP contribution in [0.15, 0.2) is 59.4 Å². The monoisotopic (exact) mass is 840 g/mol. The molecule has 2 aliphatic heterocycles. The molecule has 4 N–H and O–H groups in total. The van der Waals surface area contributed by atoms with E-state index < -0.39 is 23.8 Å². The highest BCUT2D eigenvalue weighted by atomic mass is 19.1. The summed E-state index contributed by atoms with van der Waals surface area (Å²) in [6, 6.07) is 15.3. The summed E-state index contributed by atoms with van der Waals surface area (Å²) in [6.07, 6.45) is 6.41. The number of fused-ring (bicyclic) bond motifs is 3. The first kappa shape index (κ1) is 39.7. The minimum atomic E-state index is -0.533. The number of ether oxygens (including phenoxy) is 1. The molecule has 2 saturated heterocycles. The Hall–Kier alpha value is -6.42. The van der Waals surface area contributed by atoms with Gasteiger partial charge in [0.1, 0.15) is 29.6 Å². The number of H-pyrrole nitrogens is 1. The number of piperidine rings is 1. The molecule has 4 fully saturated rings. The van der Waals surface area contributed by atoms with Crippen LogP contribution in [0.4, 0.5) is 15.8 Å². The van der Waals surface area contributed by atoms with Gasteiger partial charge in [-0.15, -0.1) is 0 Å². The van der Waals surface area contributed by atoms with Crippen molar-refractivity contribution in [3.63, 3.8) is 0 Å².